The van der Waals surface area contributed by atoms with Crippen LogP contribution in [0.2, 0.25) is 0 Å². The van der Waals surface area contributed by atoms with Gasteiger partial charge in [0, 0.05) is 51.4 Å². The summed E-state index contributed by atoms with van der Waals surface area (Å²) in [6, 6.07) is 0.316. The van der Waals surface area contributed by atoms with Crippen LogP contribution in [0.1, 0.15) is 20.8 Å². The van der Waals surface area contributed by atoms with Gasteiger partial charge in [-0.15, -0.1) is 0 Å². The van der Waals surface area contributed by atoms with Crippen LogP contribution in [-0.4, -0.2) is 103 Å². The Morgan fingerprint density at radius 3 is 2.57 bits per heavy atom. The lowest BCUT2D eigenvalue weighted by molar-refractivity contribution is -0.0145. The highest BCUT2D eigenvalue weighted by molar-refractivity contribution is 5.68. The Morgan fingerprint density at radius 1 is 1.22 bits per heavy atom. The molecule has 0 aliphatic carbocycles. The highest BCUT2D eigenvalue weighted by Gasteiger charge is 2.33. The molecule has 0 spiro atoms. The van der Waals surface area contributed by atoms with E-state index in [0.29, 0.717) is 26.2 Å². The number of hydrogen-bond acceptors (Lipinski definition) is 6. The normalized spacial score (nSPS) is 28.6. The summed E-state index contributed by atoms with van der Waals surface area (Å²) in [4.78, 5) is 18.3. The first-order valence-electron chi connectivity index (χ1n) is 8.66. The number of aliphatic hydroxyl groups is 1. The summed E-state index contributed by atoms with van der Waals surface area (Å²) in [5, 5.41) is 10.4. The average Bonchev–Trinajstić information content (AvgIpc) is 2.51. The molecular formula is C16H31N3O4. The van der Waals surface area contributed by atoms with Gasteiger partial charge >= 0.3 is 6.09 Å². The SMILES string of the molecule is CCOC(=O)N1CC(C)N(CC(O)CN2CCOCC2)CC1C. The summed E-state index contributed by atoms with van der Waals surface area (Å²) in [7, 11) is 0. The molecule has 0 saturated carbocycles. The number of β-amino-alcohol motifs (C(OH)–C–C–N with tert-alkyl or cyclic N) is 1. The van der Waals surface area contributed by atoms with Crippen LogP contribution in [0.4, 0.5) is 4.79 Å². The molecule has 2 rings (SSSR count). The molecule has 2 heterocycles. The van der Waals surface area contributed by atoms with Gasteiger partial charge in [-0.25, -0.2) is 4.79 Å². The average molecular weight is 329 g/mol. The smallest absolute Gasteiger partial charge is 0.410 e. The van der Waals surface area contributed by atoms with Crippen molar-refractivity contribution in [1.29, 1.82) is 0 Å². The summed E-state index contributed by atoms with van der Waals surface area (Å²) in [5.41, 5.74) is 0. The van der Waals surface area contributed by atoms with Crippen LogP contribution in [0.15, 0.2) is 0 Å². The van der Waals surface area contributed by atoms with Crippen LogP contribution in [-0.2, 0) is 9.47 Å². The predicted octanol–water partition coefficient (Wildman–Crippen LogP) is 0.231. The van der Waals surface area contributed by atoms with Crippen LogP contribution < -0.4 is 0 Å². The number of carbonyl (C=O) groups is 1. The fraction of sp³-hybridized carbons (Fsp3) is 0.938. The Bertz CT molecular complexity index is 376. The molecule has 23 heavy (non-hydrogen) atoms. The molecule has 134 valence electrons. The quantitative estimate of drug-likeness (QED) is 0.779. The Morgan fingerprint density at radius 2 is 1.91 bits per heavy atom. The molecule has 3 unspecified atom stereocenters. The van der Waals surface area contributed by atoms with Crippen LogP contribution in [0, 0.1) is 0 Å². The van der Waals surface area contributed by atoms with Gasteiger partial charge in [-0.1, -0.05) is 0 Å². The molecule has 0 aromatic rings. The van der Waals surface area contributed by atoms with Crippen LogP contribution in [0.25, 0.3) is 0 Å². The molecule has 1 N–H and O–H groups in total. The Kier molecular flexibility index (Phi) is 7.08. The fourth-order valence-electron chi connectivity index (χ4n) is 3.32. The van der Waals surface area contributed by atoms with Crippen molar-refractivity contribution in [2.24, 2.45) is 0 Å². The van der Waals surface area contributed by atoms with Gasteiger partial charge in [0.2, 0.25) is 0 Å². The molecule has 1 amide bonds. The molecule has 0 aromatic carbocycles. The molecule has 2 saturated heterocycles. The summed E-state index contributed by atoms with van der Waals surface area (Å²) in [6.07, 6.45) is -0.614. The second kappa shape index (κ2) is 8.82. The Labute approximate surface area is 139 Å². The predicted molar refractivity (Wildman–Crippen MR) is 87.5 cm³/mol. The summed E-state index contributed by atoms with van der Waals surface area (Å²) in [5.74, 6) is 0. The van der Waals surface area contributed by atoms with Gasteiger partial charge in [-0.2, -0.15) is 0 Å². The number of aliphatic hydroxyl groups excluding tert-OH is 1. The summed E-state index contributed by atoms with van der Waals surface area (Å²) < 4.78 is 10.5. The maximum atomic E-state index is 12.0. The minimum absolute atomic E-state index is 0.0980. The van der Waals surface area contributed by atoms with Crippen molar-refractivity contribution in [2.75, 3.05) is 59.1 Å². The van der Waals surface area contributed by atoms with E-state index in [2.05, 4.69) is 16.7 Å². The zero-order valence-electron chi connectivity index (χ0n) is 14.6. The van der Waals surface area contributed by atoms with E-state index in [1.54, 1.807) is 4.90 Å². The van der Waals surface area contributed by atoms with E-state index in [4.69, 9.17) is 9.47 Å². The molecule has 7 heteroatoms. The second-order valence-electron chi connectivity index (χ2n) is 6.57. The lowest BCUT2D eigenvalue weighted by Crippen LogP contribution is -2.59. The van der Waals surface area contributed by atoms with Gasteiger partial charge in [-0.3, -0.25) is 9.80 Å². The van der Waals surface area contributed by atoms with Gasteiger partial charge in [0.1, 0.15) is 0 Å². The maximum absolute atomic E-state index is 12.0. The molecule has 3 atom stereocenters. The van der Waals surface area contributed by atoms with Crippen molar-refractivity contribution in [3.05, 3.63) is 0 Å². The van der Waals surface area contributed by atoms with Crippen LogP contribution >= 0.6 is 0 Å². The highest BCUT2D eigenvalue weighted by Crippen LogP contribution is 2.17. The molecule has 0 aromatic heterocycles. The molecule has 7 nitrogen and oxygen atoms in total. The van der Waals surface area contributed by atoms with Crippen molar-refractivity contribution >= 4 is 6.09 Å². The van der Waals surface area contributed by atoms with E-state index in [0.717, 1.165) is 32.8 Å². The number of ether oxygens (including phenoxy) is 2. The van der Waals surface area contributed by atoms with E-state index in [-0.39, 0.29) is 24.3 Å². The number of carbonyl (C=O) groups excluding carboxylic acids is 1. The maximum Gasteiger partial charge on any atom is 0.410 e. The third-order valence-electron chi connectivity index (χ3n) is 4.64. The lowest BCUT2D eigenvalue weighted by atomic mass is 10.1. The minimum Gasteiger partial charge on any atom is -0.450 e. The largest absolute Gasteiger partial charge is 0.450 e. The van der Waals surface area contributed by atoms with Crippen molar-refractivity contribution in [3.63, 3.8) is 0 Å². The van der Waals surface area contributed by atoms with Crippen molar-refractivity contribution < 1.29 is 19.4 Å². The minimum atomic E-state index is -0.378. The highest BCUT2D eigenvalue weighted by atomic mass is 16.6. The third-order valence-corrected chi connectivity index (χ3v) is 4.64. The monoisotopic (exact) mass is 329 g/mol. The zero-order valence-corrected chi connectivity index (χ0v) is 14.6. The first kappa shape index (κ1) is 18.4. The molecule has 2 aliphatic heterocycles. The first-order valence-corrected chi connectivity index (χ1v) is 8.66. The van der Waals surface area contributed by atoms with E-state index in [9.17, 15) is 9.90 Å². The summed E-state index contributed by atoms with van der Waals surface area (Å²) >= 11 is 0. The van der Waals surface area contributed by atoms with Gasteiger partial charge < -0.3 is 19.5 Å². The van der Waals surface area contributed by atoms with E-state index >= 15 is 0 Å². The van der Waals surface area contributed by atoms with E-state index < -0.39 is 0 Å². The number of hydrogen-bond donors (Lipinski definition) is 1. The fourth-order valence-corrected chi connectivity index (χ4v) is 3.32. The van der Waals surface area contributed by atoms with Crippen molar-refractivity contribution in [3.8, 4) is 0 Å². The zero-order chi connectivity index (χ0) is 16.8. The third kappa shape index (κ3) is 5.31. The number of piperazine rings is 1. The standard InChI is InChI=1S/C16H31N3O4/c1-4-23-16(21)19-10-13(2)18(9-14(19)3)12-15(20)11-17-5-7-22-8-6-17/h13-15,20H,4-12H2,1-3H3. The Hall–Kier alpha value is -0.890. The molecule has 0 bridgehead atoms. The van der Waals surface area contributed by atoms with Gasteiger partial charge in [0.05, 0.1) is 25.9 Å². The van der Waals surface area contributed by atoms with Crippen molar-refractivity contribution in [1.82, 2.24) is 14.7 Å². The lowest BCUT2D eigenvalue weighted by Gasteiger charge is -2.44. The molecule has 2 aliphatic rings. The van der Waals surface area contributed by atoms with Gasteiger partial charge in [0.15, 0.2) is 0 Å². The van der Waals surface area contributed by atoms with Gasteiger partial charge in [-0.05, 0) is 20.8 Å². The second-order valence-corrected chi connectivity index (χ2v) is 6.57. The van der Waals surface area contributed by atoms with Crippen LogP contribution in [0.3, 0.4) is 0 Å². The molecular weight excluding hydrogens is 298 g/mol. The van der Waals surface area contributed by atoms with Crippen molar-refractivity contribution in [2.45, 2.75) is 39.0 Å². The number of nitrogens with zero attached hydrogens (tertiary/aromatic N) is 3. The van der Waals surface area contributed by atoms with E-state index in [1.807, 2.05) is 13.8 Å². The van der Waals surface area contributed by atoms with Crippen LogP contribution in [0.5, 0.6) is 0 Å². The first-order chi connectivity index (χ1) is 11.0. The molecule has 2 fully saturated rings. The molecule has 0 radical (unpaired) electrons. The Balaban J connectivity index is 1.80. The number of amides is 1. The summed E-state index contributed by atoms with van der Waals surface area (Å²) in [6.45, 7) is 12.4. The van der Waals surface area contributed by atoms with E-state index in [1.165, 1.54) is 0 Å². The topological polar surface area (TPSA) is 65.5 Å². The van der Waals surface area contributed by atoms with Gasteiger partial charge in [0.25, 0.3) is 0 Å². The number of morpholine rings is 1. The number of rotatable bonds is 5.